The molecule has 3 nitrogen and oxygen atoms in total. The molecule has 0 saturated carbocycles. The van der Waals surface area contributed by atoms with Crippen molar-refractivity contribution in [1.82, 2.24) is 9.97 Å². The molecule has 1 aromatic heterocycles. The highest BCUT2D eigenvalue weighted by Crippen LogP contribution is 2.28. The summed E-state index contributed by atoms with van der Waals surface area (Å²) in [6, 6.07) is 5.92. The van der Waals surface area contributed by atoms with Crippen molar-refractivity contribution in [2.45, 2.75) is 33.1 Å². The number of aromatic nitrogens is 2. The Balaban J connectivity index is 2.67. The normalized spacial score (nSPS) is 11.7. The van der Waals surface area contributed by atoms with E-state index in [2.05, 4.69) is 41.8 Å². The van der Waals surface area contributed by atoms with Gasteiger partial charge in [-0.15, -0.1) is 0 Å². The molecule has 0 bridgehead atoms. The Bertz CT molecular complexity index is 715. The van der Waals surface area contributed by atoms with E-state index >= 15 is 0 Å². The van der Waals surface area contributed by atoms with Gasteiger partial charge in [-0.2, -0.15) is 0 Å². The fraction of sp³-hybridized carbons (Fsp3) is 0.333. The zero-order chi connectivity index (χ0) is 15.1. The predicted molar refractivity (Wildman–Crippen MR) is 89.1 cm³/mol. The molecule has 106 valence electrons. The van der Waals surface area contributed by atoms with Gasteiger partial charge in [-0.25, -0.2) is 4.98 Å². The summed E-state index contributed by atoms with van der Waals surface area (Å²) in [4.78, 5) is 19.5. The highest BCUT2D eigenvalue weighted by Gasteiger charge is 2.22. The summed E-state index contributed by atoms with van der Waals surface area (Å²) >= 11 is 6.84. The lowest BCUT2D eigenvalue weighted by Crippen LogP contribution is -2.22. The Morgan fingerprint density at radius 3 is 2.40 bits per heavy atom. The number of nitrogens with zero attached hydrogens (tertiary/aromatic N) is 1. The van der Waals surface area contributed by atoms with E-state index in [0.717, 1.165) is 21.3 Å². The van der Waals surface area contributed by atoms with Crippen molar-refractivity contribution in [2.24, 2.45) is 0 Å². The predicted octanol–water partition coefficient (Wildman–Crippen LogP) is 4.57. The highest BCUT2D eigenvalue weighted by molar-refractivity contribution is 9.10. The van der Waals surface area contributed by atoms with Crippen LogP contribution in [0.25, 0.3) is 11.4 Å². The third-order valence-electron chi connectivity index (χ3n) is 3.02. The largest absolute Gasteiger partial charge is 0.306 e. The molecule has 0 unspecified atom stereocenters. The second kappa shape index (κ2) is 5.45. The van der Waals surface area contributed by atoms with Gasteiger partial charge in [0.25, 0.3) is 5.56 Å². The number of halogens is 2. The quantitative estimate of drug-likeness (QED) is 0.763. The van der Waals surface area contributed by atoms with Crippen LogP contribution in [-0.4, -0.2) is 9.97 Å². The third kappa shape index (κ3) is 3.04. The van der Waals surface area contributed by atoms with Gasteiger partial charge in [0.2, 0.25) is 0 Å². The zero-order valence-corrected chi connectivity index (χ0v) is 15.0. The zero-order valence-electron chi connectivity index (χ0n) is 11.8. The summed E-state index contributed by atoms with van der Waals surface area (Å²) in [6.45, 7) is 8.13. The van der Waals surface area contributed by atoms with Gasteiger partial charge in [-0.3, -0.25) is 4.79 Å². The highest BCUT2D eigenvalue weighted by atomic mass is 79.9. The molecule has 5 heteroatoms. The van der Waals surface area contributed by atoms with Gasteiger partial charge in [0.1, 0.15) is 10.3 Å². The number of aromatic amines is 1. The van der Waals surface area contributed by atoms with Crippen LogP contribution >= 0.6 is 31.9 Å². The Hall–Kier alpha value is -0.940. The maximum atomic E-state index is 12.1. The van der Waals surface area contributed by atoms with Crippen molar-refractivity contribution in [3.05, 3.63) is 48.8 Å². The Morgan fingerprint density at radius 1 is 1.20 bits per heavy atom. The first-order chi connectivity index (χ1) is 9.20. The first-order valence-electron chi connectivity index (χ1n) is 6.27. The molecule has 1 heterocycles. The summed E-state index contributed by atoms with van der Waals surface area (Å²) in [5.41, 5.74) is 2.43. The molecule has 0 spiro atoms. The van der Waals surface area contributed by atoms with E-state index in [-0.39, 0.29) is 11.0 Å². The summed E-state index contributed by atoms with van der Waals surface area (Å²) < 4.78 is 1.50. The smallest absolute Gasteiger partial charge is 0.265 e. The van der Waals surface area contributed by atoms with Crippen LogP contribution in [0.15, 0.2) is 31.9 Å². The van der Waals surface area contributed by atoms with Gasteiger partial charge in [0.15, 0.2) is 0 Å². The van der Waals surface area contributed by atoms with Gasteiger partial charge in [-0.1, -0.05) is 48.8 Å². The molecular weight excluding hydrogens is 384 g/mol. The third-order valence-corrected chi connectivity index (χ3v) is 4.61. The molecule has 0 atom stereocenters. The minimum absolute atomic E-state index is 0.156. The average molecular weight is 400 g/mol. The standard InChI is InChI=1S/C15H16Br2N2O/c1-8-5-6-9(7-10(8)16)13-18-12(15(2,3)4)11(17)14(20)19-13/h5-7H,1-4H3,(H,18,19,20). The van der Waals surface area contributed by atoms with Crippen molar-refractivity contribution < 1.29 is 0 Å². The molecular formula is C15H16Br2N2O. The van der Waals surface area contributed by atoms with E-state index < -0.39 is 0 Å². The van der Waals surface area contributed by atoms with Gasteiger partial charge in [0.05, 0.1) is 5.69 Å². The monoisotopic (exact) mass is 398 g/mol. The number of rotatable bonds is 1. The molecule has 1 N–H and O–H groups in total. The van der Waals surface area contributed by atoms with Crippen molar-refractivity contribution in [3.8, 4) is 11.4 Å². The lowest BCUT2D eigenvalue weighted by atomic mass is 9.92. The number of benzene rings is 1. The van der Waals surface area contributed by atoms with Crippen LogP contribution in [0.2, 0.25) is 0 Å². The molecule has 0 amide bonds. The molecule has 0 aliphatic rings. The molecule has 2 rings (SSSR count). The van der Waals surface area contributed by atoms with Crippen LogP contribution < -0.4 is 5.56 Å². The van der Waals surface area contributed by atoms with Crippen LogP contribution in [0.4, 0.5) is 0 Å². The SMILES string of the molecule is Cc1ccc(-c2nc(C(C)(C)C)c(Br)c(=O)[nH]2)cc1Br. The molecule has 0 aliphatic heterocycles. The molecule has 0 saturated heterocycles. The van der Waals surface area contributed by atoms with Crippen LogP contribution in [0, 0.1) is 6.92 Å². The number of H-pyrrole nitrogens is 1. The topological polar surface area (TPSA) is 45.8 Å². The lowest BCUT2D eigenvalue weighted by Gasteiger charge is -2.19. The number of aryl methyl sites for hydroxylation is 1. The summed E-state index contributed by atoms with van der Waals surface area (Å²) in [7, 11) is 0. The molecule has 0 radical (unpaired) electrons. The van der Waals surface area contributed by atoms with E-state index in [0.29, 0.717) is 10.3 Å². The van der Waals surface area contributed by atoms with Gasteiger partial charge < -0.3 is 4.98 Å². The van der Waals surface area contributed by atoms with E-state index in [1.165, 1.54) is 0 Å². The van der Waals surface area contributed by atoms with E-state index in [9.17, 15) is 4.79 Å². The molecule has 0 fully saturated rings. The molecule has 0 aliphatic carbocycles. The second-order valence-electron chi connectivity index (χ2n) is 5.79. The number of hydrogen-bond donors (Lipinski definition) is 1. The minimum Gasteiger partial charge on any atom is -0.306 e. The Morgan fingerprint density at radius 2 is 1.85 bits per heavy atom. The molecule has 20 heavy (non-hydrogen) atoms. The lowest BCUT2D eigenvalue weighted by molar-refractivity contribution is 0.562. The van der Waals surface area contributed by atoms with Gasteiger partial charge in [0, 0.05) is 15.5 Å². The van der Waals surface area contributed by atoms with Crippen molar-refractivity contribution in [3.63, 3.8) is 0 Å². The molecule has 1 aromatic carbocycles. The van der Waals surface area contributed by atoms with Crippen molar-refractivity contribution >= 4 is 31.9 Å². The minimum atomic E-state index is -0.205. The average Bonchev–Trinajstić information content (AvgIpc) is 2.34. The van der Waals surface area contributed by atoms with Crippen LogP contribution in [0.5, 0.6) is 0 Å². The maximum absolute atomic E-state index is 12.1. The van der Waals surface area contributed by atoms with Crippen LogP contribution in [0.1, 0.15) is 32.0 Å². The van der Waals surface area contributed by atoms with E-state index in [1.807, 2.05) is 45.9 Å². The fourth-order valence-electron chi connectivity index (χ4n) is 1.83. The summed E-state index contributed by atoms with van der Waals surface area (Å²) in [6.07, 6.45) is 0. The molecule has 2 aromatic rings. The summed E-state index contributed by atoms with van der Waals surface area (Å²) in [5.74, 6) is 0.587. The Kier molecular flexibility index (Phi) is 4.21. The Labute approximate surface area is 135 Å². The first-order valence-corrected chi connectivity index (χ1v) is 7.85. The van der Waals surface area contributed by atoms with Gasteiger partial charge in [-0.05, 0) is 34.5 Å². The summed E-state index contributed by atoms with van der Waals surface area (Å²) in [5, 5.41) is 0. The van der Waals surface area contributed by atoms with E-state index in [4.69, 9.17) is 0 Å². The van der Waals surface area contributed by atoms with Crippen LogP contribution in [0.3, 0.4) is 0 Å². The first kappa shape index (κ1) is 15.4. The second-order valence-corrected chi connectivity index (χ2v) is 7.44. The van der Waals surface area contributed by atoms with Crippen molar-refractivity contribution in [2.75, 3.05) is 0 Å². The van der Waals surface area contributed by atoms with Crippen molar-refractivity contribution in [1.29, 1.82) is 0 Å². The van der Waals surface area contributed by atoms with Crippen LogP contribution in [-0.2, 0) is 5.41 Å². The number of nitrogens with one attached hydrogen (secondary N) is 1. The van der Waals surface area contributed by atoms with Gasteiger partial charge >= 0.3 is 0 Å². The number of hydrogen-bond acceptors (Lipinski definition) is 2. The fourth-order valence-corrected chi connectivity index (χ4v) is 2.99. The van der Waals surface area contributed by atoms with E-state index in [1.54, 1.807) is 0 Å². The maximum Gasteiger partial charge on any atom is 0.265 e.